The van der Waals surface area contributed by atoms with Gasteiger partial charge >= 0.3 is 0 Å². The molecule has 27 heavy (non-hydrogen) atoms. The lowest BCUT2D eigenvalue weighted by molar-refractivity contribution is 0.103. The third-order valence-electron chi connectivity index (χ3n) is 4.28. The lowest BCUT2D eigenvalue weighted by Gasteiger charge is -2.07. The Hall–Kier alpha value is -3.08. The summed E-state index contributed by atoms with van der Waals surface area (Å²) in [6, 6.07) is 13.5. The second kappa shape index (κ2) is 8.54. The first-order chi connectivity index (χ1) is 13.1. The summed E-state index contributed by atoms with van der Waals surface area (Å²) >= 11 is 0. The predicted octanol–water partition coefficient (Wildman–Crippen LogP) is 5.09. The van der Waals surface area contributed by atoms with Crippen molar-refractivity contribution in [1.82, 2.24) is 9.78 Å². The van der Waals surface area contributed by atoms with Gasteiger partial charge in [0, 0.05) is 12.7 Å². The van der Waals surface area contributed by atoms with Crippen LogP contribution < -0.4 is 4.74 Å². The molecular weight excluding hydrogens is 340 g/mol. The molecule has 0 bridgehead atoms. The van der Waals surface area contributed by atoms with Crippen LogP contribution in [0, 0.1) is 0 Å². The van der Waals surface area contributed by atoms with Crippen LogP contribution in [0.15, 0.2) is 59.2 Å². The number of aromatic nitrogens is 2. The molecule has 0 atom stereocenters. The number of furan rings is 1. The second-order valence-corrected chi connectivity index (χ2v) is 6.55. The number of hydrogen-bond donors (Lipinski definition) is 0. The summed E-state index contributed by atoms with van der Waals surface area (Å²) in [6.07, 6.45) is 4.79. The van der Waals surface area contributed by atoms with Crippen LogP contribution >= 0.6 is 0 Å². The van der Waals surface area contributed by atoms with Crippen molar-refractivity contribution < 1.29 is 13.9 Å². The third kappa shape index (κ3) is 4.76. The molecule has 3 rings (SSSR count). The van der Waals surface area contributed by atoms with E-state index in [1.807, 2.05) is 31.2 Å². The first-order valence-corrected chi connectivity index (χ1v) is 9.12. The van der Waals surface area contributed by atoms with E-state index in [1.165, 1.54) is 11.6 Å². The van der Waals surface area contributed by atoms with E-state index >= 15 is 0 Å². The number of hydrogen-bond acceptors (Lipinski definition) is 4. The maximum Gasteiger partial charge on any atom is 0.203 e. The number of nitrogens with zero attached hydrogens (tertiary/aromatic N) is 2. The molecule has 0 fully saturated rings. The minimum atomic E-state index is -0.103. The van der Waals surface area contributed by atoms with Crippen LogP contribution in [0.2, 0.25) is 0 Å². The molecule has 2 heterocycles. The van der Waals surface area contributed by atoms with Gasteiger partial charge < -0.3 is 9.15 Å². The molecule has 0 amide bonds. The number of allylic oxidation sites excluding steroid dienone is 1. The van der Waals surface area contributed by atoms with Gasteiger partial charge in [-0.15, -0.1) is 0 Å². The normalized spacial score (nSPS) is 11.4. The topological polar surface area (TPSA) is 57.3 Å². The number of carbonyl (C=O) groups is 1. The highest BCUT2D eigenvalue weighted by Crippen LogP contribution is 2.20. The lowest BCUT2D eigenvalue weighted by atomic mass is 10.0. The average molecular weight is 364 g/mol. The molecule has 0 aliphatic heterocycles. The molecular formula is C22H24N2O3. The zero-order valence-corrected chi connectivity index (χ0v) is 15.9. The minimum absolute atomic E-state index is 0.103. The molecule has 5 nitrogen and oxygen atoms in total. The lowest BCUT2D eigenvalue weighted by Crippen LogP contribution is -2.07. The van der Waals surface area contributed by atoms with Crippen molar-refractivity contribution >= 4 is 11.9 Å². The van der Waals surface area contributed by atoms with Gasteiger partial charge in [0.1, 0.15) is 29.6 Å². The number of ketones is 1. The van der Waals surface area contributed by atoms with Gasteiger partial charge in [-0.25, -0.2) is 0 Å². The summed E-state index contributed by atoms with van der Waals surface area (Å²) in [4.78, 5) is 12.2. The zero-order chi connectivity index (χ0) is 19.2. The fraction of sp³-hybridized carbons (Fsp3) is 0.273. The van der Waals surface area contributed by atoms with E-state index in [9.17, 15) is 4.79 Å². The summed E-state index contributed by atoms with van der Waals surface area (Å²) in [6.45, 7) is 7.26. The standard InChI is InChI=1S/C22H24N2O3/c1-4-24-21(13-14-23-24)22(25)12-11-19-9-10-20(27-19)15-26-18-7-5-17(6-8-18)16(2)3/h5-14,16H,4,15H2,1-3H3/b12-11+. The highest BCUT2D eigenvalue weighted by atomic mass is 16.5. The average Bonchev–Trinajstić information content (AvgIpc) is 3.34. The number of rotatable bonds is 8. The summed E-state index contributed by atoms with van der Waals surface area (Å²) in [5.74, 6) is 2.51. The summed E-state index contributed by atoms with van der Waals surface area (Å²) in [7, 11) is 0. The molecule has 0 radical (unpaired) electrons. The molecule has 5 heteroatoms. The molecule has 0 N–H and O–H groups in total. The maximum absolute atomic E-state index is 12.2. The van der Waals surface area contributed by atoms with Crippen LogP contribution in [0.3, 0.4) is 0 Å². The van der Waals surface area contributed by atoms with Crippen molar-refractivity contribution in [3.63, 3.8) is 0 Å². The van der Waals surface area contributed by atoms with E-state index in [2.05, 4.69) is 31.1 Å². The Kier molecular flexibility index (Phi) is 5.91. The van der Waals surface area contributed by atoms with Crippen molar-refractivity contribution in [2.45, 2.75) is 39.8 Å². The van der Waals surface area contributed by atoms with Gasteiger partial charge in [-0.2, -0.15) is 5.10 Å². The first-order valence-electron chi connectivity index (χ1n) is 9.12. The van der Waals surface area contributed by atoms with E-state index in [4.69, 9.17) is 9.15 Å². The zero-order valence-electron chi connectivity index (χ0n) is 15.9. The van der Waals surface area contributed by atoms with Gasteiger partial charge in [0.05, 0.1) is 0 Å². The Labute approximate surface area is 159 Å². The number of ether oxygens (including phenoxy) is 1. The van der Waals surface area contributed by atoms with Gasteiger partial charge in [0.2, 0.25) is 5.78 Å². The quantitative estimate of drug-likeness (QED) is 0.412. The van der Waals surface area contributed by atoms with Crippen LogP contribution in [-0.2, 0) is 13.2 Å². The van der Waals surface area contributed by atoms with Crippen molar-refractivity contribution in [2.75, 3.05) is 0 Å². The third-order valence-corrected chi connectivity index (χ3v) is 4.28. The van der Waals surface area contributed by atoms with Gasteiger partial charge in [-0.1, -0.05) is 26.0 Å². The van der Waals surface area contributed by atoms with Crippen LogP contribution in [0.5, 0.6) is 5.75 Å². The number of aryl methyl sites for hydroxylation is 1. The van der Waals surface area contributed by atoms with Crippen LogP contribution in [0.4, 0.5) is 0 Å². The summed E-state index contributed by atoms with van der Waals surface area (Å²) in [5, 5.41) is 4.10. The number of carbonyl (C=O) groups excluding carboxylic acids is 1. The second-order valence-electron chi connectivity index (χ2n) is 6.55. The molecule has 2 aromatic heterocycles. The van der Waals surface area contributed by atoms with E-state index < -0.39 is 0 Å². The molecule has 1 aromatic carbocycles. The van der Waals surface area contributed by atoms with Gasteiger partial charge in [-0.05, 0) is 60.9 Å². The van der Waals surface area contributed by atoms with E-state index in [-0.39, 0.29) is 5.78 Å². The van der Waals surface area contributed by atoms with Crippen molar-refractivity contribution in [1.29, 1.82) is 0 Å². The maximum atomic E-state index is 12.2. The van der Waals surface area contributed by atoms with Crippen LogP contribution in [0.1, 0.15) is 54.3 Å². The molecule has 0 aliphatic carbocycles. The van der Waals surface area contributed by atoms with Crippen molar-refractivity contribution in [2.24, 2.45) is 0 Å². The minimum Gasteiger partial charge on any atom is -0.486 e. The molecule has 3 aromatic rings. The monoisotopic (exact) mass is 364 g/mol. The number of benzene rings is 1. The summed E-state index contributed by atoms with van der Waals surface area (Å²) < 4.78 is 13.1. The predicted molar refractivity (Wildman–Crippen MR) is 105 cm³/mol. The molecule has 140 valence electrons. The Morgan fingerprint density at radius 1 is 1.19 bits per heavy atom. The molecule has 0 saturated heterocycles. The molecule has 0 unspecified atom stereocenters. The SMILES string of the molecule is CCn1nccc1C(=O)/C=C/c1ccc(COc2ccc(C(C)C)cc2)o1. The highest BCUT2D eigenvalue weighted by Gasteiger charge is 2.08. The Morgan fingerprint density at radius 2 is 1.96 bits per heavy atom. The fourth-order valence-electron chi connectivity index (χ4n) is 2.70. The van der Waals surface area contributed by atoms with Crippen molar-refractivity contribution in [3.05, 3.63) is 77.5 Å². The largest absolute Gasteiger partial charge is 0.486 e. The van der Waals surface area contributed by atoms with E-state index in [0.29, 0.717) is 36.3 Å². The van der Waals surface area contributed by atoms with E-state index in [1.54, 1.807) is 23.0 Å². The molecule has 0 aliphatic rings. The summed E-state index contributed by atoms with van der Waals surface area (Å²) in [5.41, 5.74) is 1.84. The Morgan fingerprint density at radius 3 is 2.67 bits per heavy atom. The first kappa shape index (κ1) is 18.7. The van der Waals surface area contributed by atoms with Crippen LogP contribution in [-0.4, -0.2) is 15.6 Å². The van der Waals surface area contributed by atoms with Crippen LogP contribution in [0.25, 0.3) is 6.08 Å². The Balaban J connectivity index is 1.57. The van der Waals surface area contributed by atoms with Crippen molar-refractivity contribution in [3.8, 4) is 5.75 Å². The van der Waals surface area contributed by atoms with Gasteiger partial charge in [0.15, 0.2) is 0 Å². The highest BCUT2D eigenvalue weighted by molar-refractivity contribution is 6.05. The van der Waals surface area contributed by atoms with Gasteiger partial charge in [-0.3, -0.25) is 9.48 Å². The molecule has 0 saturated carbocycles. The van der Waals surface area contributed by atoms with E-state index in [0.717, 1.165) is 5.75 Å². The fourth-order valence-corrected chi connectivity index (χ4v) is 2.70. The smallest absolute Gasteiger partial charge is 0.203 e. The Bertz CT molecular complexity index is 917. The van der Waals surface area contributed by atoms with Gasteiger partial charge in [0.25, 0.3) is 0 Å². The molecule has 0 spiro atoms.